The maximum atomic E-state index is 16.2. The van der Waals surface area contributed by atoms with Gasteiger partial charge in [0.15, 0.2) is 16.6 Å². The molecule has 38 heavy (non-hydrogen) atoms. The van der Waals surface area contributed by atoms with Crippen molar-refractivity contribution < 1.29 is 17.6 Å². The van der Waals surface area contributed by atoms with Crippen LogP contribution in [0.5, 0.6) is 0 Å². The molecular formula is C32H36F2O2Si2. The minimum Gasteiger partial charge on any atom is -0.401 e. The van der Waals surface area contributed by atoms with E-state index in [0.29, 0.717) is 22.3 Å². The van der Waals surface area contributed by atoms with Gasteiger partial charge in [-0.05, 0) is 62.5 Å². The van der Waals surface area contributed by atoms with E-state index in [1.165, 1.54) is 12.1 Å². The van der Waals surface area contributed by atoms with E-state index in [-0.39, 0.29) is 0 Å². The maximum Gasteiger partial charge on any atom is 0.185 e. The van der Waals surface area contributed by atoms with Gasteiger partial charge in [-0.15, -0.1) is 0 Å². The standard InChI is InChI=1S/C32H36F2O2Si2/c1-37(2,3)35-31(25-17-9-7-10-18-25,27-21-13-15-23-29(27)33)32(36-38(4,5)6,26-19-11-8-12-20-26)28-22-14-16-24-30(28)34/h7-24H,1-6H3. The average Bonchev–Trinajstić information content (AvgIpc) is 2.87. The SMILES string of the molecule is C[Si](C)(C)OC(c1ccccc1)(c1ccccc1F)C(O[Si](C)(C)C)(c1ccccc1)c1ccccc1F. The quantitative estimate of drug-likeness (QED) is 0.195. The fraction of sp³-hybridized carbons (Fsp3) is 0.250. The van der Waals surface area contributed by atoms with Crippen molar-refractivity contribution in [2.75, 3.05) is 0 Å². The van der Waals surface area contributed by atoms with Gasteiger partial charge in [-0.3, -0.25) is 0 Å². The van der Waals surface area contributed by atoms with Gasteiger partial charge in [0.05, 0.1) is 0 Å². The van der Waals surface area contributed by atoms with E-state index in [4.69, 9.17) is 8.85 Å². The van der Waals surface area contributed by atoms with Crippen LogP contribution in [0.4, 0.5) is 8.78 Å². The lowest BCUT2D eigenvalue weighted by Gasteiger charge is -2.55. The van der Waals surface area contributed by atoms with Crippen molar-refractivity contribution in [3.05, 3.63) is 143 Å². The van der Waals surface area contributed by atoms with Crippen LogP contribution in [0.1, 0.15) is 22.3 Å². The topological polar surface area (TPSA) is 18.5 Å². The van der Waals surface area contributed by atoms with Crippen molar-refractivity contribution in [3.63, 3.8) is 0 Å². The van der Waals surface area contributed by atoms with E-state index in [2.05, 4.69) is 39.3 Å². The Kier molecular flexibility index (Phi) is 7.91. The Morgan fingerprint density at radius 2 is 0.737 bits per heavy atom. The van der Waals surface area contributed by atoms with Crippen LogP contribution in [0.2, 0.25) is 39.3 Å². The highest BCUT2D eigenvalue weighted by Crippen LogP contribution is 2.57. The Bertz CT molecular complexity index is 1260. The maximum absolute atomic E-state index is 16.2. The first-order valence-electron chi connectivity index (χ1n) is 12.9. The molecule has 0 amide bonds. The fourth-order valence-corrected chi connectivity index (χ4v) is 7.81. The van der Waals surface area contributed by atoms with Gasteiger partial charge in [-0.25, -0.2) is 8.78 Å². The van der Waals surface area contributed by atoms with Crippen molar-refractivity contribution in [1.29, 1.82) is 0 Å². The van der Waals surface area contributed by atoms with Gasteiger partial charge in [0, 0.05) is 11.1 Å². The normalized spacial score (nSPS) is 15.5. The van der Waals surface area contributed by atoms with Crippen LogP contribution in [0.3, 0.4) is 0 Å². The molecule has 0 bridgehead atoms. The van der Waals surface area contributed by atoms with Gasteiger partial charge in [0.1, 0.15) is 22.8 Å². The van der Waals surface area contributed by atoms with Crippen molar-refractivity contribution in [2.45, 2.75) is 50.5 Å². The Hall–Kier alpha value is -2.91. The molecule has 2 atom stereocenters. The molecule has 0 saturated carbocycles. The molecule has 4 rings (SSSR count). The summed E-state index contributed by atoms with van der Waals surface area (Å²) in [6, 6.07) is 32.5. The molecule has 0 aliphatic heterocycles. The van der Waals surface area contributed by atoms with Crippen LogP contribution in [0, 0.1) is 11.6 Å². The summed E-state index contributed by atoms with van der Waals surface area (Å²) in [5.74, 6) is -0.879. The fourth-order valence-electron chi connectivity index (χ4n) is 5.23. The third kappa shape index (κ3) is 5.31. The molecular weight excluding hydrogens is 511 g/mol. The lowest BCUT2D eigenvalue weighted by Crippen LogP contribution is -2.61. The summed E-state index contributed by atoms with van der Waals surface area (Å²) >= 11 is 0. The van der Waals surface area contributed by atoms with Crippen molar-refractivity contribution >= 4 is 16.6 Å². The zero-order chi connectivity index (χ0) is 27.6. The molecule has 0 radical (unpaired) electrons. The molecule has 4 aromatic carbocycles. The van der Waals surface area contributed by atoms with E-state index in [0.717, 1.165) is 0 Å². The van der Waals surface area contributed by atoms with Gasteiger partial charge in [-0.2, -0.15) is 0 Å². The summed E-state index contributed by atoms with van der Waals surface area (Å²) in [4.78, 5) is 0. The van der Waals surface area contributed by atoms with E-state index in [9.17, 15) is 0 Å². The number of hydrogen-bond acceptors (Lipinski definition) is 2. The van der Waals surface area contributed by atoms with Gasteiger partial charge < -0.3 is 8.85 Å². The van der Waals surface area contributed by atoms with Gasteiger partial charge in [-0.1, -0.05) is 97.1 Å². The van der Waals surface area contributed by atoms with Crippen LogP contribution < -0.4 is 0 Å². The molecule has 0 aromatic heterocycles. The van der Waals surface area contributed by atoms with Crippen LogP contribution >= 0.6 is 0 Å². The zero-order valence-electron chi connectivity index (χ0n) is 23.0. The number of rotatable bonds is 9. The first-order valence-corrected chi connectivity index (χ1v) is 19.7. The monoisotopic (exact) mass is 546 g/mol. The van der Waals surface area contributed by atoms with Crippen molar-refractivity contribution in [2.24, 2.45) is 0 Å². The predicted octanol–water partition coefficient (Wildman–Crippen LogP) is 8.86. The molecule has 0 aliphatic rings. The molecule has 0 spiro atoms. The van der Waals surface area contributed by atoms with Crippen LogP contribution in [-0.2, 0) is 20.1 Å². The van der Waals surface area contributed by atoms with Crippen LogP contribution in [-0.4, -0.2) is 16.6 Å². The molecule has 0 fully saturated rings. The Labute approximate surface area is 227 Å². The third-order valence-corrected chi connectivity index (χ3v) is 8.12. The highest BCUT2D eigenvalue weighted by atomic mass is 28.4. The summed E-state index contributed by atoms with van der Waals surface area (Å²) in [5, 5.41) is 0. The summed E-state index contributed by atoms with van der Waals surface area (Å²) in [7, 11) is -5.01. The first kappa shape index (κ1) is 28.1. The average molecular weight is 547 g/mol. The van der Waals surface area contributed by atoms with Crippen molar-refractivity contribution in [3.8, 4) is 0 Å². The number of hydrogen-bond donors (Lipinski definition) is 0. The predicted molar refractivity (Wildman–Crippen MR) is 156 cm³/mol. The Balaban J connectivity index is 2.35. The zero-order valence-corrected chi connectivity index (χ0v) is 25.0. The second kappa shape index (κ2) is 10.7. The third-order valence-electron chi connectivity index (χ3n) is 6.28. The molecule has 2 unspecified atom stereocenters. The molecule has 6 heteroatoms. The van der Waals surface area contributed by atoms with Gasteiger partial charge >= 0.3 is 0 Å². The minimum atomic E-state index is -2.50. The summed E-state index contributed by atoms with van der Waals surface area (Å²) in [5.41, 5.74) is -1.13. The second-order valence-electron chi connectivity index (χ2n) is 11.5. The van der Waals surface area contributed by atoms with Gasteiger partial charge in [0.25, 0.3) is 0 Å². The number of benzene rings is 4. The van der Waals surface area contributed by atoms with E-state index < -0.39 is 39.5 Å². The van der Waals surface area contributed by atoms with E-state index in [1.54, 1.807) is 36.4 Å². The molecule has 0 saturated heterocycles. The first-order chi connectivity index (χ1) is 17.9. The molecule has 0 aliphatic carbocycles. The lowest BCUT2D eigenvalue weighted by molar-refractivity contribution is -0.0915. The van der Waals surface area contributed by atoms with Crippen LogP contribution in [0.15, 0.2) is 109 Å². The highest BCUT2D eigenvalue weighted by molar-refractivity contribution is 6.70. The minimum absolute atomic E-state index is 0.305. The molecule has 0 N–H and O–H groups in total. The Morgan fingerprint density at radius 1 is 0.447 bits per heavy atom. The molecule has 2 nitrogen and oxygen atoms in total. The number of halogens is 2. The van der Waals surface area contributed by atoms with Crippen molar-refractivity contribution in [1.82, 2.24) is 0 Å². The van der Waals surface area contributed by atoms with Gasteiger partial charge in [0.2, 0.25) is 0 Å². The molecule has 0 heterocycles. The molecule has 4 aromatic rings. The van der Waals surface area contributed by atoms with E-state index in [1.807, 2.05) is 60.7 Å². The van der Waals surface area contributed by atoms with Crippen LogP contribution in [0.25, 0.3) is 0 Å². The lowest BCUT2D eigenvalue weighted by atomic mass is 9.66. The smallest absolute Gasteiger partial charge is 0.185 e. The molecule has 198 valence electrons. The summed E-state index contributed by atoms with van der Waals surface area (Å²) in [6.07, 6.45) is 0. The second-order valence-corrected chi connectivity index (χ2v) is 20.3. The largest absolute Gasteiger partial charge is 0.401 e. The van der Waals surface area contributed by atoms with E-state index >= 15 is 8.78 Å². The summed E-state index contributed by atoms with van der Waals surface area (Å²) in [6.45, 7) is 12.4. The Morgan fingerprint density at radius 3 is 1.03 bits per heavy atom. The highest BCUT2D eigenvalue weighted by Gasteiger charge is 2.62. The summed E-state index contributed by atoms with van der Waals surface area (Å²) < 4.78 is 47.0.